The Bertz CT molecular complexity index is 896. The predicted molar refractivity (Wildman–Crippen MR) is 108 cm³/mol. The molecule has 1 heterocycles. The van der Waals surface area contributed by atoms with E-state index in [0.29, 0.717) is 36.6 Å². The van der Waals surface area contributed by atoms with Gasteiger partial charge in [0.15, 0.2) is 5.78 Å². The minimum Gasteiger partial charge on any atom is -0.495 e. The molecule has 1 aliphatic carbocycles. The third-order valence-electron chi connectivity index (χ3n) is 5.60. The topological polar surface area (TPSA) is 38.8 Å². The van der Waals surface area contributed by atoms with Gasteiger partial charge in [-0.2, -0.15) is 0 Å². The lowest BCUT2D eigenvalue weighted by Crippen LogP contribution is -2.36. The van der Waals surface area contributed by atoms with Crippen LogP contribution in [0, 0.1) is 5.92 Å². The molecule has 2 aromatic carbocycles. The average molecular weight is 404 g/mol. The van der Waals surface area contributed by atoms with E-state index in [1.165, 1.54) is 0 Å². The van der Waals surface area contributed by atoms with E-state index in [1.54, 1.807) is 19.2 Å². The number of methoxy groups -OCH3 is 1. The summed E-state index contributed by atoms with van der Waals surface area (Å²) < 4.78 is 23.9. The summed E-state index contributed by atoms with van der Waals surface area (Å²) in [4.78, 5) is 15.2. The Morgan fingerprint density at radius 1 is 1.25 bits per heavy atom. The van der Waals surface area contributed by atoms with Gasteiger partial charge in [-0.25, -0.2) is 4.39 Å². The van der Waals surface area contributed by atoms with E-state index < -0.39 is 6.67 Å². The molecule has 0 aromatic heterocycles. The van der Waals surface area contributed by atoms with Crippen molar-refractivity contribution >= 4 is 23.1 Å². The second-order valence-corrected chi connectivity index (χ2v) is 7.72. The van der Waals surface area contributed by atoms with Crippen molar-refractivity contribution in [3.63, 3.8) is 0 Å². The number of anilines is 1. The van der Waals surface area contributed by atoms with E-state index in [9.17, 15) is 9.18 Å². The van der Waals surface area contributed by atoms with Gasteiger partial charge in [0.2, 0.25) is 0 Å². The van der Waals surface area contributed by atoms with Crippen molar-refractivity contribution in [3.05, 3.63) is 57.6 Å². The minimum atomic E-state index is -0.586. The number of ketones is 1. The highest BCUT2D eigenvalue weighted by Gasteiger charge is 2.33. The van der Waals surface area contributed by atoms with Crippen molar-refractivity contribution < 1.29 is 18.7 Å². The van der Waals surface area contributed by atoms with Crippen LogP contribution in [-0.2, 0) is 24.3 Å². The van der Waals surface area contributed by atoms with Crippen LogP contribution in [0.2, 0.25) is 5.02 Å². The normalized spacial score (nSPS) is 19.0. The third-order valence-corrected chi connectivity index (χ3v) is 5.95. The largest absolute Gasteiger partial charge is 0.495 e. The zero-order chi connectivity index (χ0) is 19.7. The third kappa shape index (κ3) is 3.61. The van der Waals surface area contributed by atoms with Crippen LogP contribution in [0.25, 0.3) is 0 Å². The van der Waals surface area contributed by atoms with Crippen LogP contribution in [0.4, 0.5) is 10.1 Å². The lowest BCUT2D eigenvalue weighted by molar-refractivity contribution is 0.0936. The number of rotatable bonds is 5. The standard InChI is InChI=1S/C22H23ClFNO3/c1-27-21-12-18-16(11-20(21)25-4-6-28-7-5-25)10-17(22(18)26)8-14-2-3-15(13-24)19(23)9-14/h2-3,9,11-12,17H,4-8,10,13H2,1H3. The van der Waals surface area contributed by atoms with Crippen LogP contribution in [0.3, 0.4) is 0 Å². The summed E-state index contributed by atoms with van der Waals surface area (Å²) >= 11 is 6.13. The highest BCUT2D eigenvalue weighted by atomic mass is 35.5. The van der Waals surface area contributed by atoms with E-state index in [2.05, 4.69) is 11.0 Å². The number of alkyl halides is 1. The monoisotopic (exact) mass is 403 g/mol. The van der Waals surface area contributed by atoms with Gasteiger partial charge in [0, 0.05) is 35.2 Å². The minimum absolute atomic E-state index is 0.132. The molecule has 1 unspecified atom stereocenters. The molecule has 0 radical (unpaired) electrons. The number of nitrogens with zero attached hydrogens (tertiary/aromatic N) is 1. The summed E-state index contributed by atoms with van der Waals surface area (Å²) in [5.41, 5.74) is 4.25. The Morgan fingerprint density at radius 3 is 2.71 bits per heavy atom. The number of morpholine rings is 1. The zero-order valence-electron chi connectivity index (χ0n) is 15.8. The molecule has 1 atom stereocenters. The molecule has 0 spiro atoms. The Labute approximate surface area is 169 Å². The highest BCUT2D eigenvalue weighted by molar-refractivity contribution is 6.31. The number of Topliss-reactive ketones (excluding diaryl/α,β-unsaturated/α-hetero) is 1. The van der Waals surface area contributed by atoms with Crippen LogP contribution in [0.1, 0.15) is 27.0 Å². The molecular formula is C22H23ClFNO3. The first-order chi connectivity index (χ1) is 13.6. The summed E-state index contributed by atoms with van der Waals surface area (Å²) in [6, 6.07) is 9.30. The van der Waals surface area contributed by atoms with Gasteiger partial charge < -0.3 is 14.4 Å². The summed E-state index contributed by atoms with van der Waals surface area (Å²) in [6.07, 6.45) is 1.28. The van der Waals surface area contributed by atoms with Gasteiger partial charge in [-0.3, -0.25) is 4.79 Å². The smallest absolute Gasteiger partial charge is 0.167 e. The van der Waals surface area contributed by atoms with Crippen LogP contribution in [-0.4, -0.2) is 39.2 Å². The van der Waals surface area contributed by atoms with Gasteiger partial charge in [-0.1, -0.05) is 23.7 Å². The lowest BCUT2D eigenvalue weighted by Gasteiger charge is -2.30. The van der Waals surface area contributed by atoms with Crippen LogP contribution < -0.4 is 9.64 Å². The molecule has 0 N–H and O–H groups in total. The molecule has 4 rings (SSSR count). The van der Waals surface area contributed by atoms with Gasteiger partial charge in [0.05, 0.1) is 26.0 Å². The first kappa shape index (κ1) is 19.2. The number of hydrogen-bond acceptors (Lipinski definition) is 4. The summed E-state index contributed by atoms with van der Waals surface area (Å²) in [5, 5.41) is 0.416. The van der Waals surface area contributed by atoms with E-state index in [1.807, 2.05) is 12.1 Å². The van der Waals surface area contributed by atoms with Gasteiger partial charge in [0.25, 0.3) is 0 Å². The molecule has 1 aliphatic heterocycles. The molecule has 28 heavy (non-hydrogen) atoms. The van der Waals surface area contributed by atoms with Crippen molar-refractivity contribution in [1.82, 2.24) is 0 Å². The first-order valence-electron chi connectivity index (χ1n) is 9.51. The Kier molecular flexibility index (Phi) is 5.56. The van der Waals surface area contributed by atoms with E-state index in [0.717, 1.165) is 41.2 Å². The van der Waals surface area contributed by atoms with Gasteiger partial charge in [0.1, 0.15) is 12.4 Å². The molecule has 1 saturated heterocycles. The summed E-state index contributed by atoms with van der Waals surface area (Å²) in [7, 11) is 1.64. The number of ether oxygens (including phenoxy) is 2. The molecule has 0 bridgehead atoms. The quantitative estimate of drug-likeness (QED) is 0.748. The summed E-state index contributed by atoms with van der Waals surface area (Å²) in [6.45, 7) is 2.42. The van der Waals surface area contributed by atoms with Crippen molar-refractivity contribution in [1.29, 1.82) is 0 Å². The van der Waals surface area contributed by atoms with E-state index in [4.69, 9.17) is 21.1 Å². The fourth-order valence-electron chi connectivity index (χ4n) is 4.08. The molecule has 2 aromatic rings. The fraction of sp³-hybridized carbons (Fsp3) is 0.409. The zero-order valence-corrected chi connectivity index (χ0v) is 16.6. The SMILES string of the molecule is COc1cc2c(cc1N1CCOCC1)CC(Cc1ccc(CF)c(Cl)c1)C2=O. The maximum Gasteiger partial charge on any atom is 0.167 e. The van der Waals surface area contributed by atoms with Crippen LogP contribution in [0.5, 0.6) is 5.75 Å². The second-order valence-electron chi connectivity index (χ2n) is 7.31. The lowest BCUT2D eigenvalue weighted by atomic mass is 9.95. The maximum atomic E-state index is 13.0. The number of hydrogen-bond donors (Lipinski definition) is 0. The average Bonchev–Trinajstić information content (AvgIpc) is 3.02. The van der Waals surface area contributed by atoms with Crippen LogP contribution >= 0.6 is 11.6 Å². The van der Waals surface area contributed by atoms with Gasteiger partial charge in [-0.05, 0) is 42.2 Å². The Hall–Kier alpha value is -2.11. The van der Waals surface area contributed by atoms with Crippen molar-refractivity contribution in [2.24, 2.45) is 5.92 Å². The first-order valence-corrected chi connectivity index (χ1v) is 9.89. The molecule has 1 fully saturated rings. The maximum absolute atomic E-state index is 13.0. The second kappa shape index (κ2) is 8.10. The highest BCUT2D eigenvalue weighted by Crippen LogP contribution is 2.38. The molecule has 4 nitrogen and oxygen atoms in total. The number of carbonyl (C=O) groups is 1. The molecule has 6 heteroatoms. The van der Waals surface area contributed by atoms with E-state index >= 15 is 0 Å². The molecule has 2 aliphatic rings. The number of halogens is 2. The number of fused-ring (bicyclic) bond motifs is 1. The van der Waals surface area contributed by atoms with Crippen LogP contribution in [0.15, 0.2) is 30.3 Å². The number of benzene rings is 2. The molecule has 148 valence electrons. The summed E-state index contributed by atoms with van der Waals surface area (Å²) in [5.74, 6) is 0.726. The number of carbonyl (C=O) groups excluding carboxylic acids is 1. The van der Waals surface area contributed by atoms with Crippen molar-refractivity contribution in [2.45, 2.75) is 19.5 Å². The molecule has 0 saturated carbocycles. The predicted octanol–water partition coefficient (Wildman–Crippen LogP) is 4.25. The van der Waals surface area contributed by atoms with Crippen molar-refractivity contribution in [3.8, 4) is 5.75 Å². The Balaban J connectivity index is 1.58. The fourth-order valence-corrected chi connectivity index (χ4v) is 4.33. The van der Waals surface area contributed by atoms with Gasteiger partial charge >= 0.3 is 0 Å². The Morgan fingerprint density at radius 2 is 2.04 bits per heavy atom. The molecular weight excluding hydrogens is 381 g/mol. The van der Waals surface area contributed by atoms with Gasteiger partial charge in [-0.15, -0.1) is 0 Å². The molecule has 0 amide bonds. The van der Waals surface area contributed by atoms with Crippen molar-refractivity contribution in [2.75, 3.05) is 38.3 Å². The van der Waals surface area contributed by atoms with E-state index in [-0.39, 0.29) is 11.7 Å².